The highest BCUT2D eigenvalue weighted by atomic mass is 35.5. The van der Waals surface area contributed by atoms with E-state index in [1.54, 1.807) is 11.8 Å². The molecule has 1 aromatic heterocycles. The van der Waals surface area contributed by atoms with E-state index >= 15 is 0 Å². The van der Waals surface area contributed by atoms with Crippen molar-refractivity contribution in [3.8, 4) is 0 Å². The maximum Gasteiger partial charge on any atom is 0.191 e. The Labute approximate surface area is 129 Å². The molecule has 0 saturated heterocycles. The van der Waals surface area contributed by atoms with Crippen LogP contribution in [0.4, 0.5) is 0 Å². The van der Waals surface area contributed by atoms with E-state index in [0.717, 1.165) is 21.8 Å². The molecule has 5 heteroatoms. The van der Waals surface area contributed by atoms with Crippen LogP contribution in [0.2, 0.25) is 5.02 Å². The largest absolute Gasteiger partial charge is 0.303 e. The lowest BCUT2D eigenvalue weighted by molar-refractivity contribution is 0.512. The number of halogens is 1. The second-order valence-corrected chi connectivity index (χ2v) is 6.76. The molecule has 2 rings (SSSR count). The Morgan fingerprint density at radius 2 is 1.95 bits per heavy atom. The van der Waals surface area contributed by atoms with Crippen molar-refractivity contribution in [2.24, 2.45) is 0 Å². The molecule has 20 heavy (non-hydrogen) atoms. The quantitative estimate of drug-likeness (QED) is 0.734. The van der Waals surface area contributed by atoms with E-state index in [9.17, 15) is 0 Å². The highest BCUT2D eigenvalue weighted by molar-refractivity contribution is 7.98. The van der Waals surface area contributed by atoms with Crippen molar-refractivity contribution < 1.29 is 0 Å². The zero-order valence-corrected chi connectivity index (χ0v) is 13.9. The van der Waals surface area contributed by atoms with Crippen LogP contribution >= 0.6 is 23.4 Å². The fourth-order valence-corrected chi connectivity index (χ4v) is 3.27. The molecule has 0 aliphatic carbocycles. The number of thioether (sulfide) groups is 1. The van der Waals surface area contributed by atoms with Crippen LogP contribution < -0.4 is 0 Å². The summed E-state index contributed by atoms with van der Waals surface area (Å²) >= 11 is 7.72. The van der Waals surface area contributed by atoms with Crippen LogP contribution in [-0.4, -0.2) is 14.8 Å². The number of benzene rings is 1. The molecular weight excluding hydrogens is 290 g/mol. The lowest BCUT2D eigenvalue weighted by Gasteiger charge is -2.15. The van der Waals surface area contributed by atoms with Crippen LogP contribution in [0, 0.1) is 0 Å². The predicted molar refractivity (Wildman–Crippen MR) is 85.5 cm³/mol. The molecule has 1 heterocycles. The third-order valence-electron chi connectivity index (χ3n) is 2.98. The molecule has 0 atom stereocenters. The van der Waals surface area contributed by atoms with Crippen molar-refractivity contribution in [2.45, 2.75) is 50.6 Å². The van der Waals surface area contributed by atoms with Gasteiger partial charge in [0.1, 0.15) is 5.82 Å². The fraction of sp³-hybridized carbons (Fsp3) is 0.467. The lowest BCUT2D eigenvalue weighted by Crippen LogP contribution is -2.09. The minimum Gasteiger partial charge on any atom is -0.303 e. The molecule has 0 amide bonds. The van der Waals surface area contributed by atoms with Gasteiger partial charge in [0.2, 0.25) is 0 Å². The smallest absolute Gasteiger partial charge is 0.191 e. The van der Waals surface area contributed by atoms with Crippen molar-refractivity contribution >= 4 is 23.4 Å². The van der Waals surface area contributed by atoms with Crippen molar-refractivity contribution in [3.05, 3.63) is 40.7 Å². The van der Waals surface area contributed by atoms with Crippen molar-refractivity contribution in [1.82, 2.24) is 14.8 Å². The molecule has 108 valence electrons. The molecule has 3 nitrogen and oxygen atoms in total. The highest BCUT2D eigenvalue weighted by Crippen LogP contribution is 2.28. The monoisotopic (exact) mass is 309 g/mol. The molecule has 0 bridgehead atoms. The van der Waals surface area contributed by atoms with Gasteiger partial charge in [0.05, 0.1) is 0 Å². The van der Waals surface area contributed by atoms with Gasteiger partial charge in [0.15, 0.2) is 5.16 Å². The molecule has 2 aromatic rings. The zero-order chi connectivity index (χ0) is 14.7. The van der Waals surface area contributed by atoms with Gasteiger partial charge < -0.3 is 4.57 Å². The molecule has 1 aromatic carbocycles. The minimum atomic E-state index is 0.365. The molecule has 0 radical (unpaired) electrons. The van der Waals surface area contributed by atoms with Gasteiger partial charge in [-0.15, -0.1) is 10.2 Å². The average molecular weight is 310 g/mol. The summed E-state index contributed by atoms with van der Waals surface area (Å²) in [5.74, 6) is 2.28. The van der Waals surface area contributed by atoms with Crippen LogP contribution in [0.25, 0.3) is 0 Å². The average Bonchev–Trinajstić information content (AvgIpc) is 2.80. The molecule has 0 spiro atoms. The van der Waals surface area contributed by atoms with E-state index in [1.807, 2.05) is 18.2 Å². The normalized spacial score (nSPS) is 11.6. The maximum absolute atomic E-state index is 6.01. The molecule has 0 aliphatic heterocycles. The Bertz CT molecular complexity index is 578. The summed E-state index contributed by atoms with van der Waals surface area (Å²) in [6.07, 6.45) is 0. The first-order valence-electron chi connectivity index (χ1n) is 6.81. The Morgan fingerprint density at radius 3 is 2.55 bits per heavy atom. The van der Waals surface area contributed by atoms with Crippen LogP contribution in [0.5, 0.6) is 0 Å². The van der Waals surface area contributed by atoms with E-state index in [2.05, 4.69) is 48.5 Å². The second kappa shape index (κ2) is 6.64. The standard InChI is InChI=1S/C15H20ClN3S/c1-10(2)14-17-18-15(19(14)11(3)4)20-9-12-6-5-7-13(16)8-12/h5-8,10-11H,9H2,1-4H3. The molecule has 0 saturated carbocycles. The van der Waals surface area contributed by atoms with E-state index in [1.165, 1.54) is 5.56 Å². The maximum atomic E-state index is 6.01. The predicted octanol–water partition coefficient (Wildman–Crippen LogP) is 4.93. The first-order valence-corrected chi connectivity index (χ1v) is 8.17. The van der Waals surface area contributed by atoms with Gasteiger partial charge in [0.25, 0.3) is 0 Å². The van der Waals surface area contributed by atoms with Gasteiger partial charge in [-0.05, 0) is 31.5 Å². The molecular formula is C15H20ClN3S. The Kier molecular flexibility index (Phi) is 5.11. The third kappa shape index (κ3) is 3.55. The summed E-state index contributed by atoms with van der Waals surface area (Å²) in [6, 6.07) is 8.31. The number of rotatable bonds is 5. The number of hydrogen-bond donors (Lipinski definition) is 0. The lowest BCUT2D eigenvalue weighted by atomic mass is 10.2. The van der Waals surface area contributed by atoms with E-state index in [0.29, 0.717) is 12.0 Å². The number of nitrogens with zero attached hydrogens (tertiary/aromatic N) is 3. The zero-order valence-electron chi connectivity index (χ0n) is 12.3. The Balaban J connectivity index is 2.17. The van der Waals surface area contributed by atoms with Crippen LogP contribution in [0.1, 0.15) is 51.0 Å². The van der Waals surface area contributed by atoms with Crippen molar-refractivity contribution in [1.29, 1.82) is 0 Å². The summed E-state index contributed by atoms with van der Waals surface area (Å²) in [6.45, 7) is 8.62. The van der Waals surface area contributed by atoms with Crippen LogP contribution in [-0.2, 0) is 5.75 Å². The summed E-state index contributed by atoms with van der Waals surface area (Å²) in [4.78, 5) is 0. The topological polar surface area (TPSA) is 30.7 Å². The van der Waals surface area contributed by atoms with Gasteiger partial charge in [-0.2, -0.15) is 0 Å². The number of aromatic nitrogens is 3. The first-order chi connectivity index (χ1) is 9.49. The van der Waals surface area contributed by atoms with E-state index in [-0.39, 0.29) is 0 Å². The van der Waals surface area contributed by atoms with Crippen LogP contribution in [0.3, 0.4) is 0 Å². The molecule has 0 aliphatic rings. The summed E-state index contributed by atoms with van der Waals surface area (Å²) in [5.41, 5.74) is 1.20. The summed E-state index contributed by atoms with van der Waals surface area (Å²) in [5, 5.41) is 10.4. The van der Waals surface area contributed by atoms with Gasteiger partial charge in [-0.1, -0.05) is 49.3 Å². The molecule has 0 unspecified atom stereocenters. The molecule has 0 N–H and O–H groups in total. The number of hydrogen-bond acceptors (Lipinski definition) is 3. The van der Waals surface area contributed by atoms with E-state index < -0.39 is 0 Å². The van der Waals surface area contributed by atoms with Crippen molar-refractivity contribution in [3.63, 3.8) is 0 Å². The second-order valence-electron chi connectivity index (χ2n) is 5.38. The Morgan fingerprint density at radius 1 is 1.20 bits per heavy atom. The summed E-state index contributed by atoms with van der Waals surface area (Å²) in [7, 11) is 0. The third-order valence-corrected chi connectivity index (χ3v) is 4.23. The SMILES string of the molecule is CC(C)c1nnc(SCc2cccc(Cl)c2)n1C(C)C. The van der Waals surface area contributed by atoms with Crippen LogP contribution in [0.15, 0.2) is 29.4 Å². The molecule has 0 fully saturated rings. The Hall–Kier alpha value is -1.00. The van der Waals surface area contributed by atoms with E-state index in [4.69, 9.17) is 11.6 Å². The summed E-state index contributed by atoms with van der Waals surface area (Å²) < 4.78 is 2.22. The van der Waals surface area contributed by atoms with Gasteiger partial charge in [-0.25, -0.2) is 0 Å². The first kappa shape index (κ1) is 15.4. The fourth-order valence-electron chi connectivity index (χ4n) is 2.04. The highest BCUT2D eigenvalue weighted by Gasteiger charge is 2.17. The van der Waals surface area contributed by atoms with Gasteiger partial charge in [-0.3, -0.25) is 0 Å². The van der Waals surface area contributed by atoms with Crippen molar-refractivity contribution in [2.75, 3.05) is 0 Å². The minimum absolute atomic E-state index is 0.365. The van der Waals surface area contributed by atoms with Gasteiger partial charge in [0, 0.05) is 22.7 Å². The van der Waals surface area contributed by atoms with Gasteiger partial charge >= 0.3 is 0 Å².